The minimum absolute atomic E-state index is 0.0306. The zero-order valence-electron chi connectivity index (χ0n) is 10.4. The lowest BCUT2D eigenvalue weighted by Gasteiger charge is -2.23. The van der Waals surface area contributed by atoms with Gasteiger partial charge in [-0.05, 0) is 19.9 Å². The first-order valence-electron chi connectivity index (χ1n) is 5.63. The van der Waals surface area contributed by atoms with E-state index in [4.69, 9.17) is 16.1 Å². The summed E-state index contributed by atoms with van der Waals surface area (Å²) in [7, 11) is 0. The Morgan fingerprint density at radius 1 is 1.72 bits per heavy atom. The van der Waals surface area contributed by atoms with Crippen molar-refractivity contribution in [2.24, 2.45) is 5.92 Å². The molecule has 0 aliphatic heterocycles. The molecule has 6 nitrogen and oxygen atoms in total. The van der Waals surface area contributed by atoms with Crippen molar-refractivity contribution >= 4 is 17.5 Å². The van der Waals surface area contributed by atoms with Crippen LogP contribution in [0.15, 0.2) is 12.3 Å². The van der Waals surface area contributed by atoms with Crippen molar-refractivity contribution in [3.8, 4) is 6.07 Å². The molecule has 0 spiro atoms. The summed E-state index contributed by atoms with van der Waals surface area (Å²) in [6.07, 6.45) is 1.33. The van der Waals surface area contributed by atoms with E-state index in [1.165, 1.54) is 12.3 Å². The third kappa shape index (κ3) is 3.10. The Hall–Kier alpha value is -2.29. The molecular weight excluding hydrogens is 232 g/mol. The summed E-state index contributed by atoms with van der Waals surface area (Å²) in [4.78, 5) is 16.9. The minimum Gasteiger partial charge on any atom is -0.478 e. The zero-order chi connectivity index (χ0) is 13.7. The van der Waals surface area contributed by atoms with Crippen molar-refractivity contribution < 1.29 is 9.90 Å². The Morgan fingerprint density at radius 3 is 2.89 bits per heavy atom. The Bertz CT molecular complexity index is 481. The number of carbonyl (C=O) groups is 1. The number of nitriles is 1. The molecule has 96 valence electrons. The van der Waals surface area contributed by atoms with Crippen LogP contribution in [-0.2, 0) is 0 Å². The van der Waals surface area contributed by atoms with Crippen LogP contribution in [0.3, 0.4) is 0 Å². The molecule has 1 heterocycles. The lowest BCUT2D eigenvalue weighted by Crippen LogP contribution is -2.28. The summed E-state index contributed by atoms with van der Waals surface area (Å²) >= 11 is 0. The fourth-order valence-electron chi connectivity index (χ4n) is 1.57. The smallest absolute Gasteiger partial charge is 0.337 e. The van der Waals surface area contributed by atoms with Crippen LogP contribution in [0.25, 0.3) is 0 Å². The van der Waals surface area contributed by atoms with Gasteiger partial charge < -0.3 is 15.7 Å². The lowest BCUT2D eigenvalue weighted by molar-refractivity contribution is 0.0698. The highest BCUT2D eigenvalue weighted by Crippen LogP contribution is 2.19. The second-order valence-electron chi connectivity index (χ2n) is 4.00. The van der Waals surface area contributed by atoms with Gasteiger partial charge in [0.2, 0.25) is 0 Å². The molecule has 6 heteroatoms. The van der Waals surface area contributed by atoms with Gasteiger partial charge in [0, 0.05) is 13.1 Å². The van der Waals surface area contributed by atoms with Crippen molar-refractivity contribution in [1.29, 1.82) is 5.26 Å². The molecule has 1 aromatic heterocycles. The molecule has 0 aliphatic rings. The van der Waals surface area contributed by atoms with Crippen LogP contribution in [0.1, 0.15) is 24.2 Å². The van der Waals surface area contributed by atoms with Crippen LogP contribution < -0.4 is 10.6 Å². The molecular formula is C12H16N4O2. The third-order valence-electron chi connectivity index (χ3n) is 2.57. The van der Waals surface area contributed by atoms with Gasteiger partial charge in [-0.25, -0.2) is 9.78 Å². The van der Waals surface area contributed by atoms with Gasteiger partial charge in [-0.2, -0.15) is 5.26 Å². The monoisotopic (exact) mass is 248 g/mol. The normalized spacial score (nSPS) is 11.6. The highest BCUT2D eigenvalue weighted by molar-refractivity contribution is 5.94. The van der Waals surface area contributed by atoms with Gasteiger partial charge in [0.15, 0.2) is 0 Å². The van der Waals surface area contributed by atoms with E-state index in [0.29, 0.717) is 18.9 Å². The molecule has 0 amide bonds. The van der Waals surface area contributed by atoms with E-state index < -0.39 is 5.97 Å². The molecule has 0 aromatic carbocycles. The number of hydrogen-bond donors (Lipinski definition) is 2. The number of nitrogens with zero attached hydrogens (tertiary/aromatic N) is 3. The lowest BCUT2D eigenvalue weighted by atomic mass is 10.2. The topological polar surface area (TPSA) is 103 Å². The number of carboxylic acids is 1. The maximum atomic E-state index is 11.0. The molecule has 0 fully saturated rings. The standard InChI is InChI=1S/C12H16N4O2/c1-3-16(7-8(2)5-13)11-4-9(12(17)18)10(14)6-15-11/h4,6,8H,3,7,14H2,1-2H3,(H,17,18). The van der Waals surface area contributed by atoms with Gasteiger partial charge in [-0.15, -0.1) is 0 Å². The summed E-state index contributed by atoms with van der Waals surface area (Å²) < 4.78 is 0. The van der Waals surface area contributed by atoms with Gasteiger partial charge >= 0.3 is 5.97 Å². The number of pyridine rings is 1. The maximum Gasteiger partial charge on any atom is 0.337 e. The Balaban J connectivity index is 3.04. The van der Waals surface area contributed by atoms with Crippen molar-refractivity contribution in [3.05, 3.63) is 17.8 Å². The van der Waals surface area contributed by atoms with Gasteiger partial charge in [0.05, 0.1) is 29.4 Å². The van der Waals surface area contributed by atoms with E-state index in [9.17, 15) is 4.79 Å². The summed E-state index contributed by atoms with van der Waals surface area (Å²) in [6, 6.07) is 3.57. The first kappa shape index (κ1) is 13.8. The van der Waals surface area contributed by atoms with E-state index in [-0.39, 0.29) is 17.2 Å². The highest BCUT2D eigenvalue weighted by atomic mass is 16.4. The maximum absolute atomic E-state index is 11.0. The molecule has 1 unspecified atom stereocenters. The fraction of sp³-hybridized carbons (Fsp3) is 0.417. The van der Waals surface area contributed by atoms with Gasteiger partial charge in [0.25, 0.3) is 0 Å². The summed E-state index contributed by atoms with van der Waals surface area (Å²) in [5.74, 6) is -0.718. The zero-order valence-corrected chi connectivity index (χ0v) is 10.4. The summed E-state index contributed by atoms with van der Waals surface area (Å²) in [5, 5.41) is 17.8. The van der Waals surface area contributed by atoms with Crippen LogP contribution in [0.4, 0.5) is 11.5 Å². The molecule has 18 heavy (non-hydrogen) atoms. The predicted molar refractivity (Wildman–Crippen MR) is 68.3 cm³/mol. The first-order chi connectivity index (χ1) is 8.49. The number of anilines is 2. The van der Waals surface area contributed by atoms with Crippen LogP contribution >= 0.6 is 0 Å². The van der Waals surface area contributed by atoms with E-state index in [1.807, 2.05) is 11.8 Å². The number of hydrogen-bond acceptors (Lipinski definition) is 5. The van der Waals surface area contributed by atoms with Crippen molar-refractivity contribution in [2.75, 3.05) is 23.7 Å². The van der Waals surface area contributed by atoms with Crippen LogP contribution in [0.2, 0.25) is 0 Å². The summed E-state index contributed by atoms with van der Waals surface area (Å²) in [6.45, 7) is 4.87. The quantitative estimate of drug-likeness (QED) is 0.815. The number of nitrogen functional groups attached to an aromatic ring is 1. The van der Waals surface area contributed by atoms with Gasteiger partial charge in [-0.1, -0.05) is 0 Å². The third-order valence-corrected chi connectivity index (χ3v) is 2.57. The van der Waals surface area contributed by atoms with Crippen LogP contribution in [0, 0.1) is 17.2 Å². The van der Waals surface area contributed by atoms with E-state index >= 15 is 0 Å². The minimum atomic E-state index is -1.08. The molecule has 0 saturated carbocycles. The van der Waals surface area contributed by atoms with Crippen LogP contribution in [-0.4, -0.2) is 29.1 Å². The molecule has 1 aromatic rings. The molecule has 0 radical (unpaired) electrons. The molecule has 1 atom stereocenters. The Kier molecular flexibility index (Phi) is 4.49. The summed E-state index contributed by atoms with van der Waals surface area (Å²) in [5.41, 5.74) is 5.71. The second-order valence-corrected chi connectivity index (χ2v) is 4.00. The molecule has 0 saturated heterocycles. The molecule has 0 aliphatic carbocycles. The largest absolute Gasteiger partial charge is 0.478 e. The molecule has 0 bridgehead atoms. The SMILES string of the molecule is CCN(CC(C)C#N)c1cc(C(=O)O)c(N)cn1. The number of aromatic nitrogens is 1. The van der Waals surface area contributed by atoms with E-state index in [0.717, 1.165) is 0 Å². The number of rotatable bonds is 5. The van der Waals surface area contributed by atoms with Crippen LogP contribution in [0.5, 0.6) is 0 Å². The Labute approximate surface area is 106 Å². The number of carboxylic acid groups (broad SMARTS) is 1. The van der Waals surface area contributed by atoms with Crippen molar-refractivity contribution in [3.63, 3.8) is 0 Å². The first-order valence-corrected chi connectivity index (χ1v) is 5.63. The Morgan fingerprint density at radius 2 is 2.39 bits per heavy atom. The van der Waals surface area contributed by atoms with Crippen molar-refractivity contribution in [2.45, 2.75) is 13.8 Å². The fourth-order valence-corrected chi connectivity index (χ4v) is 1.57. The molecule has 1 rings (SSSR count). The predicted octanol–water partition coefficient (Wildman–Crippen LogP) is 1.35. The van der Waals surface area contributed by atoms with Gasteiger partial charge in [-0.3, -0.25) is 0 Å². The average molecular weight is 248 g/mol. The van der Waals surface area contributed by atoms with E-state index in [2.05, 4.69) is 11.1 Å². The number of nitrogens with two attached hydrogens (primary N) is 1. The van der Waals surface area contributed by atoms with E-state index in [1.54, 1.807) is 6.92 Å². The number of aromatic carboxylic acids is 1. The average Bonchev–Trinajstić information content (AvgIpc) is 2.36. The van der Waals surface area contributed by atoms with Gasteiger partial charge in [0.1, 0.15) is 5.82 Å². The molecule has 3 N–H and O–H groups in total. The highest BCUT2D eigenvalue weighted by Gasteiger charge is 2.14. The second kappa shape index (κ2) is 5.87. The van der Waals surface area contributed by atoms with Crippen molar-refractivity contribution in [1.82, 2.24) is 4.98 Å².